The standard InChI is InChI=1S/C27H29N3O3/c1-2-29-16-13-23-21(18-29)26(20-10-4-5-11-22(20)28-23)27(32)33-17-14-25(31)30-15-7-9-19-8-3-6-12-24(19)30/h3-6,8,10-12H,2,7,9,13-18H2,1H3. The van der Waals surface area contributed by atoms with Gasteiger partial charge in [-0.25, -0.2) is 4.79 Å². The molecule has 2 aromatic carbocycles. The first-order valence-electron chi connectivity index (χ1n) is 11.8. The number of fused-ring (bicyclic) bond motifs is 3. The lowest BCUT2D eigenvalue weighted by Crippen LogP contribution is -2.36. The van der Waals surface area contributed by atoms with Gasteiger partial charge in [-0.05, 0) is 37.1 Å². The fourth-order valence-electron chi connectivity index (χ4n) is 4.98. The summed E-state index contributed by atoms with van der Waals surface area (Å²) in [6, 6.07) is 15.8. The number of ether oxygens (including phenoxy) is 1. The molecule has 0 radical (unpaired) electrons. The highest BCUT2D eigenvalue weighted by molar-refractivity contribution is 6.05. The van der Waals surface area contributed by atoms with Crippen LogP contribution in [0.4, 0.5) is 5.69 Å². The Morgan fingerprint density at radius 3 is 2.73 bits per heavy atom. The zero-order valence-electron chi connectivity index (χ0n) is 19.0. The number of carbonyl (C=O) groups is 2. The number of rotatable bonds is 5. The van der Waals surface area contributed by atoms with Gasteiger partial charge in [0.05, 0.1) is 17.5 Å². The van der Waals surface area contributed by atoms with Crippen LogP contribution in [-0.4, -0.2) is 48.0 Å². The average Bonchev–Trinajstić information content (AvgIpc) is 2.86. The maximum atomic E-state index is 13.3. The van der Waals surface area contributed by atoms with E-state index in [4.69, 9.17) is 9.72 Å². The van der Waals surface area contributed by atoms with E-state index in [9.17, 15) is 9.59 Å². The summed E-state index contributed by atoms with van der Waals surface area (Å²) in [7, 11) is 0. The molecule has 1 amide bonds. The lowest BCUT2D eigenvalue weighted by Gasteiger charge is -2.29. The number of aromatic nitrogens is 1. The van der Waals surface area contributed by atoms with Crippen LogP contribution in [0.15, 0.2) is 48.5 Å². The summed E-state index contributed by atoms with van der Waals surface area (Å²) >= 11 is 0. The highest BCUT2D eigenvalue weighted by atomic mass is 16.5. The fraction of sp³-hybridized carbons (Fsp3) is 0.370. The van der Waals surface area contributed by atoms with Crippen molar-refractivity contribution < 1.29 is 14.3 Å². The third kappa shape index (κ3) is 4.23. The smallest absolute Gasteiger partial charge is 0.339 e. The van der Waals surface area contributed by atoms with Gasteiger partial charge >= 0.3 is 5.97 Å². The molecule has 0 unspecified atom stereocenters. The molecule has 2 aliphatic rings. The van der Waals surface area contributed by atoms with Gasteiger partial charge < -0.3 is 9.64 Å². The van der Waals surface area contributed by atoms with Crippen molar-refractivity contribution in [3.05, 3.63) is 70.9 Å². The Morgan fingerprint density at radius 1 is 1.03 bits per heavy atom. The minimum Gasteiger partial charge on any atom is -0.462 e. The van der Waals surface area contributed by atoms with Gasteiger partial charge in [-0.2, -0.15) is 0 Å². The van der Waals surface area contributed by atoms with Gasteiger partial charge in [0.25, 0.3) is 0 Å². The minimum atomic E-state index is -0.366. The van der Waals surface area contributed by atoms with E-state index in [2.05, 4.69) is 17.9 Å². The number of carbonyl (C=O) groups excluding carboxylic acids is 2. The van der Waals surface area contributed by atoms with Crippen molar-refractivity contribution in [3.8, 4) is 0 Å². The summed E-state index contributed by atoms with van der Waals surface area (Å²) in [5.74, 6) is -0.372. The zero-order chi connectivity index (χ0) is 22.8. The van der Waals surface area contributed by atoms with Crippen molar-refractivity contribution in [3.63, 3.8) is 0 Å². The van der Waals surface area contributed by atoms with E-state index in [1.54, 1.807) is 0 Å². The number of likely N-dealkylation sites (N-methyl/N-ethyl adjacent to an activating group) is 1. The number of aryl methyl sites for hydroxylation is 1. The lowest BCUT2D eigenvalue weighted by molar-refractivity contribution is -0.119. The van der Waals surface area contributed by atoms with Gasteiger partial charge in [-0.1, -0.05) is 43.3 Å². The van der Waals surface area contributed by atoms with Crippen LogP contribution in [-0.2, 0) is 28.9 Å². The van der Waals surface area contributed by atoms with Crippen LogP contribution < -0.4 is 4.90 Å². The Labute approximate surface area is 194 Å². The second-order valence-electron chi connectivity index (χ2n) is 8.71. The molecule has 3 heterocycles. The van der Waals surface area contributed by atoms with Crippen LogP contribution >= 0.6 is 0 Å². The molecule has 6 nitrogen and oxygen atoms in total. The normalized spacial score (nSPS) is 15.7. The Kier molecular flexibility index (Phi) is 6.09. The molecule has 2 aliphatic heterocycles. The lowest BCUT2D eigenvalue weighted by atomic mass is 9.96. The zero-order valence-corrected chi connectivity index (χ0v) is 19.0. The van der Waals surface area contributed by atoms with E-state index in [0.29, 0.717) is 18.7 Å². The number of anilines is 1. The molecule has 3 aromatic rings. The van der Waals surface area contributed by atoms with Crippen molar-refractivity contribution >= 4 is 28.5 Å². The molecule has 0 aliphatic carbocycles. The molecule has 170 valence electrons. The maximum absolute atomic E-state index is 13.3. The first-order chi connectivity index (χ1) is 16.2. The van der Waals surface area contributed by atoms with Crippen LogP contribution in [0.5, 0.6) is 0 Å². The first-order valence-corrected chi connectivity index (χ1v) is 11.8. The summed E-state index contributed by atoms with van der Waals surface area (Å²) in [6.07, 6.45) is 2.93. The van der Waals surface area contributed by atoms with Crippen LogP contribution in [0.25, 0.3) is 10.9 Å². The average molecular weight is 444 g/mol. The number of pyridine rings is 1. The van der Waals surface area contributed by atoms with E-state index in [0.717, 1.165) is 60.2 Å². The molecule has 0 fully saturated rings. The molecule has 0 spiro atoms. The van der Waals surface area contributed by atoms with Crippen LogP contribution in [0, 0.1) is 0 Å². The largest absolute Gasteiger partial charge is 0.462 e. The second-order valence-corrected chi connectivity index (χ2v) is 8.71. The predicted octanol–water partition coefficient (Wildman–Crippen LogP) is 4.14. The number of para-hydroxylation sites is 2. The molecule has 0 saturated heterocycles. The maximum Gasteiger partial charge on any atom is 0.339 e. The topological polar surface area (TPSA) is 62.7 Å². The Balaban J connectivity index is 1.34. The number of amides is 1. The van der Waals surface area contributed by atoms with Gasteiger partial charge in [-0.3, -0.25) is 14.7 Å². The fourth-order valence-corrected chi connectivity index (χ4v) is 4.98. The van der Waals surface area contributed by atoms with Gasteiger partial charge in [0.15, 0.2) is 0 Å². The molecule has 33 heavy (non-hydrogen) atoms. The molecule has 5 rings (SSSR count). The van der Waals surface area contributed by atoms with Gasteiger partial charge in [0.1, 0.15) is 6.61 Å². The molecular weight excluding hydrogens is 414 g/mol. The van der Waals surface area contributed by atoms with Crippen LogP contribution in [0.2, 0.25) is 0 Å². The van der Waals surface area contributed by atoms with Gasteiger partial charge in [-0.15, -0.1) is 0 Å². The summed E-state index contributed by atoms with van der Waals surface area (Å²) in [6.45, 7) is 5.46. The van der Waals surface area contributed by atoms with Crippen molar-refractivity contribution in [2.75, 3.05) is 31.1 Å². The molecule has 0 saturated carbocycles. The highest BCUT2D eigenvalue weighted by Gasteiger charge is 2.27. The summed E-state index contributed by atoms with van der Waals surface area (Å²) < 4.78 is 5.69. The number of hydrogen-bond acceptors (Lipinski definition) is 5. The minimum absolute atomic E-state index is 0.00581. The second kappa shape index (κ2) is 9.32. The number of hydrogen-bond donors (Lipinski definition) is 0. The summed E-state index contributed by atoms with van der Waals surface area (Å²) in [5, 5.41) is 0.815. The van der Waals surface area contributed by atoms with E-state index in [1.807, 2.05) is 47.4 Å². The Morgan fingerprint density at radius 2 is 1.85 bits per heavy atom. The van der Waals surface area contributed by atoms with Crippen molar-refractivity contribution in [2.24, 2.45) is 0 Å². The summed E-state index contributed by atoms with van der Waals surface area (Å²) in [4.78, 5) is 35.2. The van der Waals surface area contributed by atoms with Gasteiger partial charge in [0, 0.05) is 48.4 Å². The third-order valence-corrected chi connectivity index (χ3v) is 6.74. The van der Waals surface area contributed by atoms with E-state index >= 15 is 0 Å². The SMILES string of the molecule is CCN1CCc2nc3ccccc3c(C(=O)OCCC(=O)N3CCCc4ccccc43)c2C1. The number of benzene rings is 2. The highest BCUT2D eigenvalue weighted by Crippen LogP contribution is 2.29. The number of esters is 1. The van der Waals surface area contributed by atoms with Crippen molar-refractivity contribution in [2.45, 2.75) is 39.2 Å². The predicted molar refractivity (Wildman–Crippen MR) is 128 cm³/mol. The van der Waals surface area contributed by atoms with E-state index in [1.165, 1.54) is 5.56 Å². The Hall–Kier alpha value is -3.25. The summed E-state index contributed by atoms with van der Waals surface area (Å²) in [5.41, 5.74) is 5.53. The molecule has 0 N–H and O–H groups in total. The van der Waals surface area contributed by atoms with Gasteiger partial charge in [0.2, 0.25) is 5.91 Å². The molecule has 0 atom stereocenters. The van der Waals surface area contributed by atoms with Crippen molar-refractivity contribution in [1.29, 1.82) is 0 Å². The van der Waals surface area contributed by atoms with Crippen molar-refractivity contribution in [1.82, 2.24) is 9.88 Å². The van der Waals surface area contributed by atoms with Crippen LogP contribution in [0.1, 0.15) is 46.9 Å². The molecular formula is C27H29N3O3. The van der Waals surface area contributed by atoms with Crippen LogP contribution in [0.3, 0.4) is 0 Å². The first kappa shape index (κ1) is 21.6. The van der Waals surface area contributed by atoms with E-state index in [-0.39, 0.29) is 24.9 Å². The Bertz CT molecular complexity index is 1210. The molecule has 6 heteroatoms. The van der Waals surface area contributed by atoms with E-state index < -0.39 is 0 Å². The third-order valence-electron chi connectivity index (χ3n) is 6.74. The quantitative estimate of drug-likeness (QED) is 0.555. The molecule has 0 bridgehead atoms. The molecule has 1 aromatic heterocycles. The number of nitrogens with zero attached hydrogens (tertiary/aromatic N) is 3. The monoisotopic (exact) mass is 443 g/mol.